The van der Waals surface area contributed by atoms with Crippen molar-refractivity contribution < 1.29 is 4.74 Å². The average molecular weight is 300 g/mol. The molecule has 0 saturated carbocycles. The summed E-state index contributed by atoms with van der Waals surface area (Å²) in [5, 5.41) is 8.45. The number of para-hydroxylation sites is 2. The molecule has 4 rings (SSSR count). The van der Waals surface area contributed by atoms with Crippen molar-refractivity contribution in [2.24, 2.45) is 0 Å². The van der Waals surface area contributed by atoms with Gasteiger partial charge in [-0.25, -0.2) is 0 Å². The lowest BCUT2D eigenvalue weighted by Gasteiger charge is -2.11. The number of hydrogen-bond donors (Lipinski definition) is 1. The summed E-state index contributed by atoms with van der Waals surface area (Å²) in [6, 6.07) is 24.2. The number of ether oxygens (including phenoxy) is 1. The molecule has 0 radical (unpaired) electrons. The fourth-order valence-corrected chi connectivity index (χ4v) is 2.72. The minimum atomic E-state index is 0.834. The van der Waals surface area contributed by atoms with Gasteiger partial charge in [-0.1, -0.05) is 42.5 Å². The van der Waals surface area contributed by atoms with Gasteiger partial charge in [0.25, 0.3) is 0 Å². The summed E-state index contributed by atoms with van der Waals surface area (Å²) in [5.74, 6) is 1.68. The molecule has 0 atom stereocenters. The first-order valence-electron chi connectivity index (χ1n) is 7.58. The van der Waals surface area contributed by atoms with Crippen LogP contribution in [-0.4, -0.2) is 10.2 Å². The Bertz CT molecular complexity index is 958. The van der Waals surface area contributed by atoms with Crippen LogP contribution < -0.4 is 4.74 Å². The molecular weight excluding hydrogens is 284 g/mol. The van der Waals surface area contributed by atoms with Crippen LogP contribution in [0.1, 0.15) is 5.69 Å². The maximum atomic E-state index is 6.06. The average Bonchev–Trinajstić information content (AvgIpc) is 2.97. The van der Waals surface area contributed by atoms with Crippen LogP contribution in [-0.2, 0) is 0 Å². The molecule has 0 amide bonds. The van der Waals surface area contributed by atoms with E-state index in [1.165, 1.54) is 0 Å². The Hall–Kier alpha value is -3.07. The second-order valence-corrected chi connectivity index (χ2v) is 5.49. The van der Waals surface area contributed by atoms with Crippen molar-refractivity contribution in [3.05, 3.63) is 78.5 Å². The zero-order valence-electron chi connectivity index (χ0n) is 12.8. The van der Waals surface area contributed by atoms with Crippen molar-refractivity contribution in [2.75, 3.05) is 0 Å². The summed E-state index contributed by atoms with van der Waals surface area (Å²) < 4.78 is 6.06. The molecule has 1 heterocycles. The first kappa shape index (κ1) is 13.6. The van der Waals surface area contributed by atoms with Crippen LogP contribution in [0.15, 0.2) is 72.8 Å². The van der Waals surface area contributed by atoms with Gasteiger partial charge in [0.1, 0.15) is 11.5 Å². The molecule has 23 heavy (non-hydrogen) atoms. The van der Waals surface area contributed by atoms with Crippen LogP contribution in [0.4, 0.5) is 0 Å². The first-order chi connectivity index (χ1) is 11.3. The molecule has 0 spiro atoms. The maximum Gasteiger partial charge on any atom is 0.135 e. The van der Waals surface area contributed by atoms with E-state index in [1.54, 1.807) is 0 Å². The van der Waals surface area contributed by atoms with Crippen molar-refractivity contribution >= 4 is 10.9 Å². The van der Waals surface area contributed by atoms with Gasteiger partial charge in [0.15, 0.2) is 0 Å². The Kier molecular flexibility index (Phi) is 3.31. The van der Waals surface area contributed by atoms with Crippen LogP contribution in [0.3, 0.4) is 0 Å². The predicted octanol–water partition coefficient (Wildman–Crippen LogP) is 5.33. The van der Waals surface area contributed by atoms with Crippen LogP contribution in [0.25, 0.3) is 22.0 Å². The van der Waals surface area contributed by atoms with Gasteiger partial charge in [-0.15, -0.1) is 0 Å². The minimum absolute atomic E-state index is 0.834. The van der Waals surface area contributed by atoms with E-state index in [0.29, 0.717) is 0 Å². The highest BCUT2D eigenvalue weighted by molar-refractivity contribution is 5.87. The zero-order valence-corrected chi connectivity index (χ0v) is 12.8. The number of aromatic nitrogens is 2. The standard InChI is InChI=1S/C20H16N2O/c1-14-18-13-15(11-12-19(18)22-21-14)17-9-5-6-10-20(17)23-16-7-3-2-4-8-16/h2-13H,1H3,(H,21,22). The zero-order chi connectivity index (χ0) is 15.6. The number of fused-ring (bicyclic) bond motifs is 1. The molecule has 3 nitrogen and oxygen atoms in total. The molecule has 0 saturated heterocycles. The molecule has 3 heteroatoms. The van der Waals surface area contributed by atoms with Gasteiger partial charge >= 0.3 is 0 Å². The van der Waals surface area contributed by atoms with Crippen molar-refractivity contribution in [1.29, 1.82) is 0 Å². The summed E-state index contributed by atoms with van der Waals surface area (Å²) in [7, 11) is 0. The fourth-order valence-electron chi connectivity index (χ4n) is 2.72. The third kappa shape index (κ3) is 2.57. The summed E-state index contributed by atoms with van der Waals surface area (Å²) >= 11 is 0. The van der Waals surface area contributed by atoms with E-state index >= 15 is 0 Å². The van der Waals surface area contributed by atoms with Crippen LogP contribution in [0.5, 0.6) is 11.5 Å². The Morgan fingerprint density at radius 2 is 1.65 bits per heavy atom. The number of rotatable bonds is 3. The molecule has 4 aromatic rings. The third-order valence-electron chi connectivity index (χ3n) is 3.91. The predicted molar refractivity (Wildman–Crippen MR) is 92.8 cm³/mol. The molecule has 0 aliphatic heterocycles. The normalized spacial score (nSPS) is 10.8. The number of aryl methyl sites for hydroxylation is 1. The van der Waals surface area contributed by atoms with E-state index < -0.39 is 0 Å². The van der Waals surface area contributed by atoms with E-state index in [9.17, 15) is 0 Å². The van der Waals surface area contributed by atoms with Gasteiger partial charge in [-0.2, -0.15) is 5.10 Å². The summed E-state index contributed by atoms with van der Waals surface area (Å²) in [6.07, 6.45) is 0. The maximum absolute atomic E-state index is 6.06. The molecule has 112 valence electrons. The van der Waals surface area contributed by atoms with Crippen molar-refractivity contribution in [1.82, 2.24) is 10.2 Å². The monoisotopic (exact) mass is 300 g/mol. The van der Waals surface area contributed by atoms with Crippen molar-refractivity contribution in [3.8, 4) is 22.6 Å². The molecule has 1 N–H and O–H groups in total. The molecule has 1 aromatic heterocycles. The fraction of sp³-hybridized carbons (Fsp3) is 0.0500. The van der Waals surface area contributed by atoms with E-state index in [-0.39, 0.29) is 0 Å². The van der Waals surface area contributed by atoms with E-state index in [0.717, 1.165) is 39.2 Å². The third-order valence-corrected chi connectivity index (χ3v) is 3.91. The number of nitrogens with one attached hydrogen (secondary N) is 1. The van der Waals surface area contributed by atoms with Crippen LogP contribution >= 0.6 is 0 Å². The largest absolute Gasteiger partial charge is 0.457 e. The van der Waals surface area contributed by atoms with E-state index in [1.807, 2.05) is 61.5 Å². The molecule has 0 unspecified atom stereocenters. The number of hydrogen-bond acceptors (Lipinski definition) is 2. The van der Waals surface area contributed by atoms with Crippen LogP contribution in [0.2, 0.25) is 0 Å². The summed E-state index contributed by atoms with van der Waals surface area (Å²) in [6.45, 7) is 2.03. The Balaban J connectivity index is 1.80. The lowest BCUT2D eigenvalue weighted by atomic mass is 10.0. The highest BCUT2D eigenvalue weighted by Gasteiger charge is 2.09. The summed E-state index contributed by atoms with van der Waals surface area (Å²) in [5.41, 5.74) is 4.24. The Labute approximate surface area is 134 Å². The highest BCUT2D eigenvalue weighted by Crippen LogP contribution is 2.34. The number of nitrogens with zero attached hydrogens (tertiary/aromatic N) is 1. The van der Waals surface area contributed by atoms with Crippen molar-refractivity contribution in [3.63, 3.8) is 0 Å². The quantitative estimate of drug-likeness (QED) is 0.555. The van der Waals surface area contributed by atoms with E-state index in [4.69, 9.17) is 4.74 Å². The van der Waals surface area contributed by atoms with E-state index in [2.05, 4.69) is 28.4 Å². The molecule has 0 aliphatic carbocycles. The Morgan fingerprint density at radius 3 is 2.52 bits per heavy atom. The van der Waals surface area contributed by atoms with Crippen LogP contribution in [0, 0.1) is 6.92 Å². The molecular formula is C20H16N2O. The van der Waals surface area contributed by atoms with Gasteiger partial charge in [-0.3, -0.25) is 5.10 Å². The molecule has 3 aromatic carbocycles. The topological polar surface area (TPSA) is 37.9 Å². The van der Waals surface area contributed by atoms with Gasteiger partial charge in [0.05, 0.1) is 5.52 Å². The van der Waals surface area contributed by atoms with Gasteiger partial charge in [0.2, 0.25) is 0 Å². The smallest absolute Gasteiger partial charge is 0.135 e. The number of H-pyrrole nitrogens is 1. The van der Waals surface area contributed by atoms with Crippen molar-refractivity contribution in [2.45, 2.75) is 6.92 Å². The molecule has 0 fully saturated rings. The summed E-state index contributed by atoms with van der Waals surface area (Å²) in [4.78, 5) is 0. The SMILES string of the molecule is Cc1[nH]nc2ccc(-c3ccccc3Oc3ccccc3)cc12. The van der Waals surface area contributed by atoms with Gasteiger partial charge in [0, 0.05) is 16.6 Å². The van der Waals surface area contributed by atoms with Gasteiger partial charge in [-0.05, 0) is 42.8 Å². The highest BCUT2D eigenvalue weighted by atomic mass is 16.5. The lowest BCUT2D eigenvalue weighted by molar-refractivity contribution is 0.484. The molecule has 0 aliphatic rings. The number of aromatic amines is 1. The minimum Gasteiger partial charge on any atom is -0.457 e. The second-order valence-electron chi connectivity index (χ2n) is 5.49. The molecule has 0 bridgehead atoms. The first-order valence-corrected chi connectivity index (χ1v) is 7.58. The second kappa shape index (κ2) is 5.61. The Morgan fingerprint density at radius 1 is 0.870 bits per heavy atom. The van der Waals surface area contributed by atoms with Gasteiger partial charge < -0.3 is 4.74 Å². The lowest BCUT2D eigenvalue weighted by Crippen LogP contribution is -1.88. The number of benzene rings is 3.